The van der Waals surface area contributed by atoms with Gasteiger partial charge in [-0.3, -0.25) is 9.59 Å². The molecule has 1 N–H and O–H groups in total. The lowest BCUT2D eigenvalue weighted by molar-refractivity contribution is 0.0642. The zero-order chi connectivity index (χ0) is 20.7. The van der Waals surface area contributed by atoms with E-state index in [1.165, 1.54) is 23.5 Å². The maximum atomic E-state index is 13.1. The van der Waals surface area contributed by atoms with E-state index >= 15 is 0 Å². The molecule has 0 fully saturated rings. The van der Waals surface area contributed by atoms with E-state index in [1.807, 2.05) is 13.8 Å². The van der Waals surface area contributed by atoms with Gasteiger partial charge in [-0.15, -0.1) is 11.3 Å². The molecule has 2 aromatic heterocycles. The number of carbonyl (C=O) groups excluding carboxylic acids is 1. The van der Waals surface area contributed by atoms with Gasteiger partial charge in [0.15, 0.2) is 11.4 Å². The molecule has 0 radical (unpaired) electrons. The predicted molar refractivity (Wildman–Crippen MR) is 109 cm³/mol. The van der Waals surface area contributed by atoms with Crippen LogP contribution in [0.15, 0.2) is 41.5 Å². The Morgan fingerprint density at radius 2 is 1.93 bits per heavy atom. The van der Waals surface area contributed by atoms with Crippen LogP contribution in [0.25, 0.3) is 10.6 Å². The Bertz CT molecular complexity index is 1140. The summed E-state index contributed by atoms with van der Waals surface area (Å²) in [6.45, 7) is 4.80. The lowest BCUT2D eigenvalue weighted by Gasteiger charge is -2.33. The number of rotatable bonds is 4. The molecule has 0 saturated carbocycles. The number of hydrogen-bond donors (Lipinski definition) is 1. The highest BCUT2D eigenvalue weighted by Crippen LogP contribution is 2.29. The van der Waals surface area contributed by atoms with Gasteiger partial charge in [0.05, 0.1) is 5.56 Å². The molecule has 150 valence electrons. The summed E-state index contributed by atoms with van der Waals surface area (Å²) in [4.78, 5) is 32.3. The second-order valence-electron chi connectivity index (χ2n) is 7.29. The summed E-state index contributed by atoms with van der Waals surface area (Å²) in [6, 6.07) is 6.21. The van der Waals surface area contributed by atoms with E-state index in [9.17, 15) is 19.1 Å². The van der Waals surface area contributed by atoms with Crippen LogP contribution in [0.5, 0.6) is 5.75 Å². The van der Waals surface area contributed by atoms with Crippen LogP contribution in [0.3, 0.4) is 0 Å². The molecule has 29 heavy (non-hydrogen) atoms. The van der Waals surface area contributed by atoms with Gasteiger partial charge >= 0.3 is 0 Å². The molecule has 8 heteroatoms. The number of nitrogens with zero attached hydrogens (tertiary/aromatic N) is 3. The summed E-state index contributed by atoms with van der Waals surface area (Å²) in [6.07, 6.45) is 3.85. The van der Waals surface area contributed by atoms with Gasteiger partial charge in [0.2, 0.25) is 5.43 Å². The molecule has 1 aliphatic heterocycles. The Morgan fingerprint density at radius 1 is 1.21 bits per heavy atom. The van der Waals surface area contributed by atoms with Gasteiger partial charge in [0.1, 0.15) is 10.8 Å². The first-order chi connectivity index (χ1) is 13.8. The molecule has 1 amide bonds. The van der Waals surface area contributed by atoms with Gasteiger partial charge in [0, 0.05) is 42.8 Å². The van der Waals surface area contributed by atoms with Crippen LogP contribution in [-0.4, -0.2) is 38.1 Å². The third-order valence-electron chi connectivity index (χ3n) is 5.00. The number of amides is 1. The van der Waals surface area contributed by atoms with Crippen LogP contribution < -0.4 is 5.43 Å². The third-order valence-corrected chi connectivity index (χ3v) is 6.03. The fraction of sp³-hybridized carbons (Fsp3) is 0.286. The molecule has 1 aromatic carbocycles. The first-order valence-corrected chi connectivity index (χ1v) is 10.1. The van der Waals surface area contributed by atoms with Crippen molar-refractivity contribution < 1.29 is 14.3 Å². The predicted octanol–water partition coefficient (Wildman–Crippen LogP) is 3.27. The van der Waals surface area contributed by atoms with E-state index in [0.29, 0.717) is 24.5 Å². The number of benzene rings is 1. The highest BCUT2D eigenvalue weighted by molar-refractivity contribution is 7.15. The van der Waals surface area contributed by atoms with Crippen LogP contribution in [0.4, 0.5) is 4.39 Å². The number of aromatic hydroxyl groups is 1. The molecule has 0 saturated heterocycles. The fourth-order valence-electron chi connectivity index (χ4n) is 3.47. The normalized spacial score (nSPS) is 13.8. The summed E-state index contributed by atoms with van der Waals surface area (Å²) in [7, 11) is 0. The molecular formula is C21H20FN3O3S. The second-order valence-corrected chi connectivity index (χ2v) is 8.40. The minimum Gasteiger partial charge on any atom is -0.503 e. The lowest BCUT2D eigenvalue weighted by Crippen LogP contribution is -2.45. The highest BCUT2D eigenvalue weighted by Gasteiger charge is 2.31. The van der Waals surface area contributed by atoms with E-state index in [2.05, 4.69) is 4.98 Å². The van der Waals surface area contributed by atoms with Gasteiger partial charge in [-0.2, -0.15) is 0 Å². The summed E-state index contributed by atoms with van der Waals surface area (Å²) in [5, 5.41) is 11.0. The molecular weight excluding hydrogens is 393 g/mol. The third kappa shape index (κ3) is 3.55. The van der Waals surface area contributed by atoms with Crippen molar-refractivity contribution in [2.75, 3.05) is 6.54 Å². The number of fused-ring (bicyclic) bond motifs is 1. The second kappa shape index (κ2) is 7.44. The Balaban J connectivity index is 1.68. The van der Waals surface area contributed by atoms with Gasteiger partial charge in [-0.25, -0.2) is 9.37 Å². The molecule has 0 atom stereocenters. The lowest BCUT2D eigenvalue weighted by atomic mass is 10.1. The molecule has 1 aliphatic rings. The average Bonchev–Trinajstić information content (AvgIpc) is 3.14. The van der Waals surface area contributed by atoms with Crippen LogP contribution in [-0.2, 0) is 13.0 Å². The molecule has 6 nitrogen and oxygen atoms in total. The van der Waals surface area contributed by atoms with E-state index < -0.39 is 11.2 Å². The molecule has 0 unspecified atom stereocenters. The molecule has 3 aromatic rings. The largest absolute Gasteiger partial charge is 0.503 e. The van der Waals surface area contributed by atoms with Crippen molar-refractivity contribution in [2.24, 2.45) is 0 Å². The van der Waals surface area contributed by atoms with Gasteiger partial charge in [-0.1, -0.05) is 12.1 Å². The number of halogens is 1. The van der Waals surface area contributed by atoms with E-state index in [-0.39, 0.29) is 29.0 Å². The summed E-state index contributed by atoms with van der Waals surface area (Å²) in [5.74, 6) is -1.17. The van der Waals surface area contributed by atoms with Crippen molar-refractivity contribution in [2.45, 2.75) is 32.9 Å². The first kappa shape index (κ1) is 19.3. The Labute approximate surface area is 170 Å². The molecule has 0 spiro atoms. The quantitative estimate of drug-likeness (QED) is 0.712. The minimum absolute atomic E-state index is 0.0154. The first-order valence-electron chi connectivity index (χ1n) is 9.32. The molecule has 0 bridgehead atoms. The standard InChI is InChI=1S/C21H20FN3O3S/c1-12(2)25-8-7-24-11-16(18(26)19(27)17(24)21(25)28)20-23-10-15(29-20)9-13-3-5-14(22)6-4-13/h3-6,10-12,27H,7-9H2,1-2H3. The van der Waals surface area contributed by atoms with Crippen molar-refractivity contribution in [1.29, 1.82) is 0 Å². The van der Waals surface area contributed by atoms with Crippen LogP contribution in [0.1, 0.15) is 34.8 Å². The van der Waals surface area contributed by atoms with Gasteiger partial charge in [-0.05, 0) is 31.5 Å². The Hall–Kier alpha value is -3.00. The summed E-state index contributed by atoms with van der Waals surface area (Å²) in [5.41, 5.74) is 0.637. The maximum absolute atomic E-state index is 13.1. The zero-order valence-electron chi connectivity index (χ0n) is 16.1. The maximum Gasteiger partial charge on any atom is 0.274 e. The number of hydrogen-bond acceptors (Lipinski definition) is 5. The van der Waals surface area contributed by atoms with Crippen molar-refractivity contribution in [3.05, 3.63) is 68.8 Å². The van der Waals surface area contributed by atoms with Crippen LogP contribution >= 0.6 is 11.3 Å². The van der Waals surface area contributed by atoms with E-state index in [4.69, 9.17) is 0 Å². The van der Waals surface area contributed by atoms with Crippen molar-refractivity contribution in [3.63, 3.8) is 0 Å². The Morgan fingerprint density at radius 3 is 2.62 bits per heavy atom. The van der Waals surface area contributed by atoms with Crippen molar-refractivity contribution in [1.82, 2.24) is 14.5 Å². The van der Waals surface area contributed by atoms with Gasteiger partial charge < -0.3 is 14.6 Å². The zero-order valence-corrected chi connectivity index (χ0v) is 16.9. The van der Waals surface area contributed by atoms with Crippen molar-refractivity contribution >= 4 is 17.2 Å². The molecule has 0 aliphatic carbocycles. The minimum atomic E-state index is -0.599. The number of pyridine rings is 1. The summed E-state index contributed by atoms with van der Waals surface area (Å²) < 4.78 is 14.7. The van der Waals surface area contributed by atoms with E-state index in [0.717, 1.165) is 10.4 Å². The van der Waals surface area contributed by atoms with Crippen molar-refractivity contribution in [3.8, 4) is 16.3 Å². The highest BCUT2D eigenvalue weighted by atomic mass is 32.1. The fourth-order valence-corrected chi connectivity index (χ4v) is 4.42. The Kier molecular flexibility index (Phi) is 4.96. The monoisotopic (exact) mass is 413 g/mol. The topological polar surface area (TPSA) is 75.4 Å². The molecule has 3 heterocycles. The summed E-state index contributed by atoms with van der Waals surface area (Å²) >= 11 is 1.34. The smallest absolute Gasteiger partial charge is 0.274 e. The van der Waals surface area contributed by atoms with Crippen LogP contribution in [0, 0.1) is 5.82 Å². The SMILES string of the molecule is CC(C)N1CCn2cc(-c3ncc(Cc4ccc(F)cc4)s3)c(=O)c(O)c2C1=O. The average molecular weight is 413 g/mol. The van der Waals surface area contributed by atoms with Crippen LogP contribution in [0.2, 0.25) is 0 Å². The number of aromatic nitrogens is 2. The number of thiazole rings is 1. The number of carbonyl (C=O) groups is 1. The van der Waals surface area contributed by atoms with Gasteiger partial charge in [0.25, 0.3) is 5.91 Å². The van der Waals surface area contributed by atoms with E-state index in [1.54, 1.807) is 34.0 Å². The molecule has 4 rings (SSSR count).